The molecule has 0 fully saturated rings. The van der Waals surface area contributed by atoms with Crippen LogP contribution < -0.4 is 5.32 Å². The Kier molecular flexibility index (Phi) is 7.53. The van der Waals surface area contributed by atoms with Crippen LogP contribution in [0.1, 0.15) is 39.0 Å². The van der Waals surface area contributed by atoms with Gasteiger partial charge in [-0.1, -0.05) is 35.0 Å². The smallest absolute Gasteiger partial charge is 0.254 e. The average molecular weight is 445 g/mol. The van der Waals surface area contributed by atoms with Crippen LogP contribution in [0.3, 0.4) is 0 Å². The number of nitrogens with one attached hydrogen (secondary N) is 1. The lowest BCUT2D eigenvalue weighted by atomic mass is 10.1. The topological polar surface area (TPSA) is 71.3 Å². The third kappa shape index (κ3) is 5.22. The number of carbonyl (C=O) groups is 1. The third-order valence-corrected chi connectivity index (χ3v) is 6.27. The SMILES string of the molecule is Cc1noc(C)c1CSc1ncccc1C(=O)NC[C@H](c1ccccc1Cl)N(C)C. The first-order chi connectivity index (χ1) is 14.4. The lowest BCUT2D eigenvalue weighted by Crippen LogP contribution is -2.35. The van der Waals surface area contributed by atoms with E-state index in [1.54, 1.807) is 18.3 Å². The minimum atomic E-state index is -0.164. The molecule has 0 saturated carbocycles. The van der Waals surface area contributed by atoms with Gasteiger partial charge in [0.15, 0.2) is 0 Å². The number of nitrogens with zero attached hydrogens (tertiary/aromatic N) is 3. The molecule has 0 aliphatic carbocycles. The molecule has 8 heteroatoms. The Labute approximate surface area is 186 Å². The zero-order valence-corrected chi connectivity index (χ0v) is 19.0. The van der Waals surface area contributed by atoms with Gasteiger partial charge in [-0.05, 0) is 51.7 Å². The quantitative estimate of drug-likeness (QED) is 0.509. The van der Waals surface area contributed by atoms with Crippen molar-refractivity contribution in [1.29, 1.82) is 0 Å². The van der Waals surface area contributed by atoms with Crippen LogP contribution in [0.4, 0.5) is 0 Å². The van der Waals surface area contributed by atoms with E-state index in [0.29, 0.717) is 27.9 Å². The molecule has 3 aromatic rings. The Balaban J connectivity index is 1.72. The van der Waals surface area contributed by atoms with E-state index in [9.17, 15) is 4.79 Å². The maximum atomic E-state index is 13.0. The summed E-state index contributed by atoms with van der Waals surface area (Å²) in [4.78, 5) is 19.4. The van der Waals surface area contributed by atoms with Gasteiger partial charge in [0.05, 0.1) is 17.3 Å². The van der Waals surface area contributed by atoms with E-state index < -0.39 is 0 Å². The summed E-state index contributed by atoms with van der Waals surface area (Å²) in [5, 5.41) is 8.38. The van der Waals surface area contributed by atoms with Crippen molar-refractivity contribution in [3.05, 3.63) is 75.8 Å². The summed E-state index contributed by atoms with van der Waals surface area (Å²) in [6, 6.07) is 11.2. The van der Waals surface area contributed by atoms with Gasteiger partial charge in [0.2, 0.25) is 0 Å². The highest BCUT2D eigenvalue weighted by molar-refractivity contribution is 7.98. The number of benzene rings is 1. The van der Waals surface area contributed by atoms with E-state index in [1.165, 1.54) is 11.8 Å². The number of aryl methyl sites for hydroxylation is 2. The van der Waals surface area contributed by atoms with Crippen LogP contribution >= 0.6 is 23.4 Å². The molecule has 0 spiro atoms. The number of pyridine rings is 1. The molecule has 2 heterocycles. The van der Waals surface area contributed by atoms with Crippen molar-refractivity contribution in [2.24, 2.45) is 0 Å². The fourth-order valence-electron chi connectivity index (χ4n) is 3.13. The third-order valence-electron chi connectivity index (χ3n) is 4.89. The van der Waals surface area contributed by atoms with Crippen LogP contribution in [0.25, 0.3) is 0 Å². The number of hydrogen-bond donors (Lipinski definition) is 1. The summed E-state index contributed by atoms with van der Waals surface area (Å²) in [5.74, 6) is 1.26. The molecule has 0 aliphatic heterocycles. The zero-order valence-electron chi connectivity index (χ0n) is 17.5. The first-order valence-electron chi connectivity index (χ1n) is 9.57. The Morgan fingerprint density at radius 2 is 2.00 bits per heavy atom. The molecule has 0 radical (unpaired) electrons. The summed E-state index contributed by atoms with van der Waals surface area (Å²) >= 11 is 7.87. The normalized spacial score (nSPS) is 12.2. The molecule has 1 N–H and O–H groups in total. The molecular weight excluding hydrogens is 420 g/mol. The second kappa shape index (κ2) is 10.1. The minimum Gasteiger partial charge on any atom is -0.361 e. The summed E-state index contributed by atoms with van der Waals surface area (Å²) in [6.45, 7) is 4.23. The standard InChI is InChI=1S/C22H25ClN4O2S/c1-14-18(15(2)29-26-14)13-30-22-17(9-7-11-24-22)21(28)25-12-20(27(3)4)16-8-5-6-10-19(16)23/h5-11,20H,12-13H2,1-4H3,(H,25,28)/t20-/m1/s1. The number of rotatable bonds is 8. The molecule has 0 bridgehead atoms. The average Bonchev–Trinajstić information content (AvgIpc) is 3.05. The van der Waals surface area contributed by atoms with Crippen molar-refractivity contribution < 1.29 is 9.32 Å². The molecule has 1 atom stereocenters. The van der Waals surface area contributed by atoms with Crippen molar-refractivity contribution >= 4 is 29.3 Å². The van der Waals surface area contributed by atoms with E-state index in [-0.39, 0.29) is 11.9 Å². The lowest BCUT2D eigenvalue weighted by molar-refractivity contribution is 0.0938. The van der Waals surface area contributed by atoms with Crippen molar-refractivity contribution in [1.82, 2.24) is 20.4 Å². The van der Waals surface area contributed by atoms with Crippen molar-refractivity contribution in [3.63, 3.8) is 0 Å². The molecule has 0 aliphatic rings. The molecular formula is C22H25ClN4O2S. The number of aromatic nitrogens is 2. The van der Waals surface area contributed by atoms with Crippen molar-refractivity contribution in [2.45, 2.75) is 30.7 Å². The number of carbonyl (C=O) groups excluding carboxylic acids is 1. The summed E-state index contributed by atoms with van der Waals surface area (Å²) < 4.78 is 5.22. The van der Waals surface area contributed by atoms with Crippen molar-refractivity contribution in [2.75, 3.05) is 20.6 Å². The van der Waals surface area contributed by atoms with E-state index in [4.69, 9.17) is 16.1 Å². The fraction of sp³-hybridized carbons (Fsp3) is 0.318. The van der Waals surface area contributed by atoms with Crippen LogP contribution in [0.5, 0.6) is 0 Å². The predicted octanol–water partition coefficient (Wildman–Crippen LogP) is 4.66. The Bertz CT molecular complexity index is 1000. The van der Waals surface area contributed by atoms with E-state index in [1.807, 2.05) is 57.1 Å². The molecule has 0 saturated heterocycles. The highest BCUT2D eigenvalue weighted by atomic mass is 35.5. The molecule has 158 valence electrons. The zero-order chi connectivity index (χ0) is 21.7. The molecule has 0 unspecified atom stereocenters. The lowest BCUT2D eigenvalue weighted by Gasteiger charge is -2.26. The summed E-state index contributed by atoms with van der Waals surface area (Å²) in [7, 11) is 3.93. The van der Waals surface area contributed by atoms with Gasteiger partial charge >= 0.3 is 0 Å². The van der Waals surface area contributed by atoms with Gasteiger partial charge < -0.3 is 14.7 Å². The number of amides is 1. The van der Waals surface area contributed by atoms with E-state index in [2.05, 4.69) is 15.5 Å². The van der Waals surface area contributed by atoms with Crippen LogP contribution in [0.2, 0.25) is 5.02 Å². The van der Waals surface area contributed by atoms with Gasteiger partial charge in [0.25, 0.3) is 5.91 Å². The molecule has 2 aromatic heterocycles. The van der Waals surface area contributed by atoms with Crippen molar-refractivity contribution in [3.8, 4) is 0 Å². The van der Waals surface area contributed by atoms with Crippen LogP contribution in [-0.2, 0) is 5.75 Å². The van der Waals surface area contributed by atoms with Crippen LogP contribution in [0, 0.1) is 13.8 Å². The second-order valence-electron chi connectivity index (χ2n) is 7.16. The number of thioether (sulfide) groups is 1. The molecule has 6 nitrogen and oxygen atoms in total. The molecule has 3 rings (SSSR count). The number of halogens is 1. The number of hydrogen-bond acceptors (Lipinski definition) is 6. The maximum absolute atomic E-state index is 13.0. The fourth-order valence-corrected chi connectivity index (χ4v) is 4.53. The van der Waals surface area contributed by atoms with Crippen LogP contribution in [0.15, 0.2) is 52.1 Å². The molecule has 1 amide bonds. The van der Waals surface area contributed by atoms with Gasteiger partial charge in [0.1, 0.15) is 10.8 Å². The van der Waals surface area contributed by atoms with E-state index >= 15 is 0 Å². The maximum Gasteiger partial charge on any atom is 0.254 e. The first-order valence-corrected chi connectivity index (χ1v) is 10.9. The first kappa shape index (κ1) is 22.3. The highest BCUT2D eigenvalue weighted by Gasteiger charge is 2.20. The van der Waals surface area contributed by atoms with Gasteiger partial charge in [-0.2, -0.15) is 0 Å². The molecule has 30 heavy (non-hydrogen) atoms. The Morgan fingerprint density at radius 1 is 1.23 bits per heavy atom. The molecule has 1 aromatic carbocycles. The Morgan fingerprint density at radius 3 is 2.67 bits per heavy atom. The summed E-state index contributed by atoms with van der Waals surface area (Å²) in [6.07, 6.45) is 1.69. The second-order valence-corrected chi connectivity index (χ2v) is 8.53. The van der Waals surface area contributed by atoms with E-state index in [0.717, 1.165) is 22.6 Å². The van der Waals surface area contributed by atoms with Gasteiger partial charge in [0, 0.05) is 29.1 Å². The largest absolute Gasteiger partial charge is 0.361 e. The van der Waals surface area contributed by atoms with Crippen LogP contribution in [-0.4, -0.2) is 41.6 Å². The monoisotopic (exact) mass is 444 g/mol. The highest BCUT2D eigenvalue weighted by Crippen LogP contribution is 2.28. The van der Waals surface area contributed by atoms with Gasteiger partial charge in [-0.15, -0.1) is 11.8 Å². The minimum absolute atomic E-state index is 0.0438. The van der Waals surface area contributed by atoms with Gasteiger partial charge in [-0.3, -0.25) is 4.79 Å². The predicted molar refractivity (Wildman–Crippen MR) is 120 cm³/mol. The van der Waals surface area contributed by atoms with Gasteiger partial charge in [-0.25, -0.2) is 4.98 Å². The number of likely N-dealkylation sites (N-methyl/N-ethyl adjacent to an activating group) is 1. The Hall–Kier alpha value is -2.35. The summed E-state index contributed by atoms with van der Waals surface area (Å²) in [5.41, 5.74) is 3.41.